The predicted octanol–water partition coefficient (Wildman–Crippen LogP) is 5.61. The third-order valence-electron chi connectivity index (χ3n) is 3.12. The molecular weight excluding hydrogens is 353 g/mol. The first kappa shape index (κ1) is 16.0. The van der Waals surface area contributed by atoms with E-state index >= 15 is 0 Å². The Morgan fingerprint density at radius 1 is 1.22 bits per heavy atom. The standard InChI is InChI=1S/C17H11Cl2NO2S/c1-2-7-22-17(21)11-4-6-14-15(9-11)23-16(20-14)10-3-5-12(18)13(19)8-10/h2-6,8-9H,1,7H2. The van der Waals surface area contributed by atoms with Crippen LogP contribution >= 0.6 is 34.5 Å². The molecule has 1 aromatic heterocycles. The number of hydrogen-bond donors (Lipinski definition) is 0. The Hall–Kier alpha value is -1.88. The van der Waals surface area contributed by atoms with Gasteiger partial charge in [-0.15, -0.1) is 11.3 Å². The Kier molecular flexibility index (Phi) is 4.66. The van der Waals surface area contributed by atoms with Crippen molar-refractivity contribution in [1.82, 2.24) is 4.98 Å². The van der Waals surface area contributed by atoms with Gasteiger partial charge in [-0.3, -0.25) is 0 Å². The van der Waals surface area contributed by atoms with Crippen molar-refractivity contribution in [2.24, 2.45) is 0 Å². The Labute approximate surface area is 147 Å². The van der Waals surface area contributed by atoms with Gasteiger partial charge in [0.05, 0.1) is 25.8 Å². The van der Waals surface area contributed by atoms with E-state index in [-0.39, 0.29) is 12.6 Å². The number of fused-ring (bicyclic) bond motifs is 1. The first-order valence-electron chi connectivity index (χ1n) is 6.72. The van der Waals surface area contributed by atoms with Gasteiger partial charge in [-0.1, -0.05) is 41.9 Å². The van der Waals surface area contributed by atoms with Crippen molar-refractivity contribution in [2.45, 2.75) is 0 Å². The maximum Gasteiger partial charge on any atom is 0.338 e. The monoisotopic (exact) mass is 363 g/mol. The second-order valence-corrected chi connectivity index (χ2v) is 6.56. The summed E-state index contributed by atoms with van der Waals surface area (Å²) in [6.07, 6.45) is 1.53. The summed E-state index contributed by atoms with van der Waals surface area (Å²) >= 11 is 13.5. The second-order valence-electron chi connectivity index (χ2n) is 4.72. The average Bonchev–Trinajstić information content (AvgIpc) is 2.98. The fourth-order valence-electron chi connectivity index (χ4n) is 2.02. The lowest BCUT2D eigenvalue weighted by Gasteiger charge is -2.00. The molecule has 3 nitrogen and oxygen atoms in total. The van der Waals surface area contributed by atoms with Crippen LogP contribution in [-0.2, 0) is 4.74 Å². The van der Waals surface area contributed by atoms with Gasteiger partial charge in [0.1, 0.15) is 11.6 Å². The molecule has 3 aromatic rings. The smallest absolute Gasteiger partial charge is 0.338 e. The minimum absolute atomic E-state index is 0.189. The number of nitrogens with zero attached hydrogens (tertiary/aromatic N) is 1. The molecule has 0 saturated carbocycles. The highest BCUT2D eigenvalue weighted by atomic mass is 35.5. The van der Waals surface area contributed by atoms with E-state index in [0.29, 0.717) is 15.6 Å². The maximum atomic E-state index is 11.9. The Balaban J connectivity index is 1.97. The zero-order chi connectivity index (χ0) is 16.4. The number of benzene rings is 2. The summed E-state index contributed by atoms with van der Waals surface area (Å²) in [5.74, 6) is -0.378. The van der Waals surface area contributed by atoms with Crippen molar-refractivity contribution >= 4 is 50.7 Å². The largest absolute Gasteiger partial charge is 0.458 e. The fraction of sp³-hybridized carbons (Fsp3) is 0.0588. The Morgan fingerprint density at radius 2 is 2.04 bits per heavy atom. The molecule has 0 unspecified atom stereocenters. The van der Waals surface area contributed by atoms with Crippen molar-refractivity contribution in [1.29, 1.82) is 0 Å². The van der Waals surface area contributed by atoms with E-state index in [1.54, 1.807) is 30.3 Å². The molecule has 0 N–H and O–H groups in total. The number of esters is 1. The van der Waals surface area contributed by atoms with Crippen LogP contribution in [0.1, 0.15) is 10.4 Å². The number of hydrogen-bond acceptors (Lipinski definition) is 4. The lowest BCUT2D eigenvalue weighted by Crippen LogP contribution is -2.04. The quantitative estimate of drug-likeness (QED) is 0.446. The molecule has 0 spiro atoms. The van der Waals surface area contributed by atoms with Crippen LogP contribution < -0.4 is 0 Å². The van der Waals surface area contributed by atoms with Gasteiger partial charge in [0.2, 0.25) is 0 Å². The number of halogens is 2. The Bertz CT molecular complexity index is 905. The molecule has 0 amide bonds. The molecule has 23 heavy (non-hydrogen) atoms. The topological polar surface area (TPSA) is 39.2 Å². The Morgan fingerprint density at radius 3 is 2.78 bits per heavy atom. The van der Waals surface area contributed by atoms with Crippen LogP contribution in [0.5, 0.6) is 0 Å². The van der Waals surface area contributed by atoms with Crippen molar-refractivity contribution in [3.8, 4) is 10.6 Å². The van der Waals surface area contributed by atoms with Crippen molar-refractivity contribution in [3.05, 3.63) is 64.7 Å². The lowest BCUT2D eigenvalue weighted by molar-refractivity contribution is 0.0550. The zero-order valence-corrected chi connectivity index (χ0v) is 14.2. The van der Waals surface area contributed by atoms with Crippen LogP contribution in [0.3, 0.4) is 0 Å². The molecule has 0 fully saturated rings. The molecule has 0 atom stereocenters. The normalized spacial score (nSPS) is 10.7. The highest BCUT2D eigenvalue weighted by Gasteiger charge is 2.12. The molecule has 1 heterocycles. The lowest BCUT2D eigenvalue weighted by atomic mass is 10.2. The van der Waals surface area contributed by atoms with Gasteiger partial charge in [-0.2, -0.15) is 0 Å². The van der Waals surface area contributed by atoms with Gasteiger partial charge in [0.25, 0.3) is 0 Å². The van der Waals surface area contributed by atoms with Crippen LogP contribution in [0.25, 0.3) is 20.8 Å². The van der Waals surface area contributed by atoms with Crippen LogP contribution in [0.4, 0.5) is 0 Å². The van der Waals surface area contributed by atoms with Crippen LogP contribution in [0.15, 0.2) is 49.1 Å². The third-order valence-corrected chi connectivity index (χ3v) is 4.93. The van der Waals surface area contributed by atoms with Crippen molar-refractivity contribution in [3.63, 3.8) is 0 Å². The van der Waals surface area contributed by atoms with Gasteiger partial charge in [0, 0.05) is 5.56 Å². The van der Waals surface area contributed by atoms with E-state index in [1.807, 2.05) is 6.07 Å². The SMILES string of the molecule is C=CCOC(=O)c1ccc2nc(-c3ccc(Cl)c(Cl)c3)sc2c1. The number of thiazole rings is 1. The van der Waals surface area contributed by atoms with E-state index in [0.717, 1.165) is 20.8 Å². The molecule has 116 valence electrons. The summed E-state index contributed by atoms with van der Waals surface area (Å²) in [4.78, 5) is 16.5. The number of carbonyl (C=O) groups is 1. The summed E-state index contributed by atoms with van der Waals surface area (Å²) in [5, 5.41) is 1.80. The number of aromatic nitrogens is 1. The summed E-state index contributed by atoms with van der Waals surface area (Å²) in [6, 6.07) is 10.7. The molecule has 0 saturated heterocycles. The highest BCUT2D eigenvalue weighted by Crippen LogP contribution is 2.34. The third kappa shape index (κ3) is 3.39. The molecule has 6 heteroatoms. The van der Waals surface area contributed by atoms with Gasteiger partial charge in [-0.05, 0) is 30.3 Å². The molecule has 0 aliphatic heterocycles. The van der Waals surface area contributed by atoms with E-state index < -0.39 is 0 Å². The number of rotatable bonds is 4. The molecule has 3 rings (SSSR count). The van der Waals surface area contributed by atoms with E-state index in [4.69, 9.17) is 27.9 Å². The number of carbonyl (C=O) groups excluding carboxylic acids is 1. The molecule has 0 bridgehead atoms. The minimum atomic E-state index is -0.378. The van der Waals surface area contributed by atoms with Crippen LogP contribution in [-0.4, -0.2) is 17.6 Å². The van der Waals surface area contributed by atoms with E-state index in [1.165, 1.54) is 17.4 Å². The first-order valence-corrected chi connectivity index (χ1v) is 8.30. The maximum absolute atomic E-state index is 11.9. The average molecular weight is 364 g/mol. The van der Waals surface area contributed by atoms with Crippen molar-refractivity contribution < 1.29 is 9.53 Å². The van der Waals surface area contributed by atoms with Crippen LogP contribution in [0.2, 0.25) is 10.0 Å². The van der Waals surface area contributed by atoms with Gasteiger partial charge in [-0.25, -0.2) is 9.78 Å². The minimum Gasteiger partial charge on any atom is -0.458 e. The second kappa shape index (κ2) is 6.71. The first-order chi connectivity index (χ1) is 11.1. The molecule has 0 aliphatic carbocycles. The van der Waals surface area contributed by atoms with E-state index in [2.05, 4.69) is 11.6 Å². The summed E-state index contributed by atoms with van der Waals surface area (Å²) in [5.41, 5.74) is 2.19. The molecule has 0 aliphatic rings. The highest BCUT2D eigenvalue weighted by molar-refractivity contribution is 7.21. The van der Waals surface area contributed by atoms with Crippen molar-refractivity contribution in [2.75, 3.05) is 6.61 Å². The molecule has 2 aromatic carbocycles. The number of ether oxygens (including phenoxy) is 1. The fourth-order valence-corrected chi connectivity index (χ4v) is 3.32. The zero-order valence-electron chi connectivity index (χ0n) is 11.9. The molecular formula is C17H11Cl2NO2S. The predicted molar refractivity (Wildman–Crippen MR) is 95.6 cm³/mol. The van der Waals surface area contributed by atoms with Gasteiger partial charge in [0.15, 0.2) is 0 Å². The summed E-state index contributed by atoms with van der Waals surface area (Å²) < 4.78 is 5.94. The molecule has 0 radical (unpaired) electrons. The van der Waals surface area contributed by atoms with Gasteiger partial charge >= 0.3 is 5.97 Å². The van der Waals surface area contributed by atoms with Crippen LogP contribution in [0, 0.1) is 0 Å². The van der Waals surface area contributed by atoms with Gasteiger partial charge < -0.3 is 4.74 Å². The summed E-state index contributed by atoms with van der Waals surface area (Å²) in [6.45, 7) is 3.71. The summed E-state index contributed by atoms with van der Waals surface area (Å²) in [7, 11) is 0. The van der Waals surface area contributed by atoms with E-state index in [9.17, 15) is 4.79 Å².